The first-order valence-corrected chi connectivity index (χ1v) is 4.84. The molecule has 1 aromatic rings. The molecule has 3 N–H and O–H groups in total. The van der Waals surface area contributed by atoms with Crippen molar-refractivity contribution < 1.29 is 14.9 Å². The average Bonchev–Trinajstić information content (AvgIpc) is 2.30. The molecule has 0 aliphatic rings. The number of oxime groups is 1. The monoisotopic (exact) mass is 239 g/mol. The van der Waals surface area contributed by atoms with E-state index in [1.165, 1.54) is 18.2 Å². The Hall–Kier alpha value is -2.31. The molecule has 92 valence electrons. The first kappa shape index (κ1) is 12.8. The summed E-state index contributed by atoms with van der Waals surface area (Å²) in [6, 6.07) is 4.21. The van der Waals surface area contributed by atoms with Gasteiger partial charge in [-0.2, -0.15) is 0 Å². The van der Waals surface area contributed by atoms with E-state index in [0.29, 0.717) is 11.3 Å². The Balaban J connectivity index is 2.90. The zero-order chi connectivity index (χ0) is 13.0. The summed E-state index contributed by atoms with van der Waals surface area (Å²) < 4.78 is 5.39. The van der Waals surface area contributed by atoms with E-state index in [1.807, 2.05) is 0 Å². The van der Waals surface area contributed by atoms with Gasteiger partial charge in [0.2, 0.25) is 0 Å². The van der Waals surface area contributed by atoms with Crippen molar-refractivity contribution in [2.75, 3.05) is 0 Å². The first-order chi connectivity index (χ1) is 7.95. The molecule has 0 spiro atoms. The van der Waals surface area contributed by atoms with Crippen LogP contribution in [0.25, 0.3) is 0 Å². The minimum absolute atomic E-state index is 0.00806. The van der Waals surface area contributed by atoms with Crippen LogP contribution in [0.2, 0.25) is 0 Å². The van der Waals surface area contributed by atoms with Crippen molar-refractivity contribution in [3.63, 3.8) is 0 Å². The van der Waals surface area contributed by atoms with E-state index >= 15 is 0 Å². The van der Waals surface area contributed by atoms with Crippen molar-refractivity contribution in [3.8, 4) is 5.75 Å². The van der Waals surface area contributed by atoms with Crippen LogP contribution in [0.1, 0.15) is 12.5 Å². The number of hydrogen-bond acceptors (Lipinski definition) is 5. The van der Waals surface area contributed by atoms with Crippen LogP contribution in [0.4, 0.5) is 5.69 Å². The molecule has 1 atom stereocenters. The molecular weight excluding hydrogens is 226 g/mol. The van der Waals surface area contributed by atoms with Gasteiger partial charge in [0.15, 0.2) is 11.9 Å². The van der Waals surface area contributed by atoms with Crippen molar-refractivity contribution in [2.45, 2.75) is 20.0 Å². The normalized spacial score (nSPS) is 13.2. The fourth-order valence-electron chi connectivity index (χ4n) is 1.21. The predicted molar refractivity (Wildman–Crippen MR) is 61.3 cm³/mol. The van der Waals surface area contributed by atoms with Crippen LogP contribution in [-0.2, 0) is 0 Å². The molecule has 0 saturated carbocycles. The molecule has 0 aliphatic carbocycles. The number of aryl methyl sites for hydroxylation is 1. The third kappa shape index (κ3) is 3.07. The van der Waals surface area contributed by atoms with Gasteiger partial charge < -0.3 is 15.7 Å². The third-order valence-electron chi connectivity index (χ3n) is 2.21. The van der Waals surface area contributed by atoms with Crippen molar-refractivity contribution >= 4 is 11.5 Å². The SMILES string of the molecule is Cc1cc([N+](=O)[O-])ccc1OC(C)/C(N)=N/O. The van der Waals surface area contributed by atoms with Gasteiger partial charge in [0.1, 0.15) is 5.75 Å². The Morgan fingerprint density at radius 3 is 2.76 bits per heavy atom. The molecule has 7 heteroatoms. The van der Waals surface area contributed by atoms with Gasteiger partial charge in [-0.3, -0.25) is 10.1 Å². The van der Waals surface area contributed by atoms with Gasteiger partial charge in [0.25, 0.3) is 5.69 Å². The van der Waals surface area contributed by atoms with Crippen molar-refractivity contribution in [2.24, 2.45) is 10.9 Å². The second-order valence-corrected chi connectivity index (χ2v) is 3.49. The number of hydrogen-bond donors (Lipinski definition) is 2. The van der Waals surface area contributed by atoms with Crippen molar-refractivity contribution in [1.82, 2.24) is 0 Å². The standard InChI is InChI=1S/C10H13N3O4/c1-6-5-8(13(15)16)3-4-9(6)17-7(2)10(11)12-14/h3-5,7,14H,1-2H3,(H2,11,12). The number of non-ortho nitro benzene ring substituents is 1. The highest BCUT2D eigenvalue weighted by Gasteiger charge is 2.13. The lowest BCUT2D eigenvalue weighted by Gasteiger charge is -2.14. The molecule has 0 heterocycles. The van der Waals surface area contributed by atoms with Crippen LogP contribution in [0.3, 0.4) is 0 Å². The lowest BCUT2D eigenvalue weighted by Crippen LogP contribution is -2.31. The third-order valence-corrected chi connectivity index (χ3v) is 2.21. The van der Waals surface area contributed by atoms with Crippen LogP contribution in [0, 0.1) is 17.0 Å². The van der Waals surface area contributed by atoms with Crippen molar-refractivity contribution in [1.29, 1.82) is 0 Å². The Morgan fingerprint density at radius 2 is 2.29 bits per heavy atom. The van der Waals surface area contributed by atoms with Gasteiger partial charge in [0.05, 0.1) is 4.92 Å². The van der Waals surface area contributed by atoms with Gasteiger partial charge in [0, 0.05) is 12.1 Å². The van der Waals surface area contributed by atoms with Crippen LogP contribution in [0.15, 0.2) is 23.4 Å². The fraction of sp³-hybridized carbons (Fsp3) is 0.300. The molecule has 17 heavy (non-hydrogen) atoms. The molecule has 0 fully saturated rings. The highest BCUT2D eigenvalue weighted by atomic mass is 16.6. The lowest BCUT2D eigenvalue weighted by molar-refractivity contribution is -0.384. The maximum Gasteiger partial charge on any atom is 0.269 e. The summed E-state index contributed by atoms with van der Waals surface area (Å²) in [6.07, 6.45) is -0.611. The van der Waals surface area contributed by atoms with Gasteiger partial charge in [-0.1, -0.05) is 5.16 Å². The van der Waals surface area contributed by atoms with E-state index in [-0.39, 0.29) is 11.5 Å². The fourth-order valence-corrected chi connectivity index (χ4v) is 1.21. The average molecular weight is 239 g/mol. The van der Waals surface area contributed by atoms with E-state index in [0.717, 1.165) is 0 Å². The molecule has 0 aliphatic heterocycles. The maximum atomic E-state index is 10.5. The number of benzene rings is 1. The van der Waals surface area contributed by atoms with Gasteiger partial charge in [-0.25, -0.2) is 0 Å². The Morgan fingerprint density at radius 1 is 1.65 bits per heavy atom. The number of nitrogens with zero attached hydrogens (tertiary/aromatic N) is 2. The van der Waals surface area contributed by atoms with E-state index in [2.05, 4.69) is 5.16 Å². The van der Waals surface area contributed by atoms with Crippen LogP contribution < -0.4 is 10.5 Å². The molecule has 7 nitrogen and oxygen atoms in total. The Kier molecular flexibility index (Phi) is 3.86. The number of amidine groups is 1. The summed E-state index contributed by atoms with van der Waals surface area (Å²) in [4.78, 5) is 10.1. The largest absolute Gasteiger partial charge is 0.482 e. The summed E-state index contributed by atoms with van der Waals surface area (Å²) in [6.45, 7) is 3.29. The van der Waals surface area contributed by atoms with Crippen molar-refractivity contribution in [3.05, 3.63) is 33.9 Å². The quantitative estimate of drug-likeness (QED) is 0.271. The number of nitro benzene ring substituents is 1. The molecule has 0 amide bonds. The minimum Gasteiger partial charge on any atom is -0.482 e. The molecule has 1 aromatic carbocycles. The minimum atomic E-state index is -0.611. The topological polar surface area (TPSA) is 111 Å². The van der Waals surface area contributed by atoms with E-state index in [1.54, 1.807) is 13.8 Å². The van der Waals surface area contributed by atoms with Gasteiger partial charge in [-0.15, -0.1) is 0 Å². The molecule has 0 bridgehead atoms. The summed E-state index contributed by atoms with van der Waals surface area (Å²) in [5, 5.41) is 21.8. The summed E-state index contributed by atoms with van der Waals surface area (Å²) in [5.74, 6) is 0.387. The molecule has 1 unspecified atom stereocenters. The number of rotatable bonds is 4. The highest BCUT2D eigenvalue weighted by Crippen LogP contribution is 2.24. The Labute approximate surface area is 97.6 Å². The lowest BCUT2D eigenvalue weighted by atomic mass is 10.2. The maximum absolute atomic E-state index is 10.5. The molecule has 0 radical (unpaired) electrons. The Bertz CT molecular complexity index is 459. The van der Waals surface area contributed by atoms with Gasteiger partial charge >= 0.3 is 0 Å². The number of nitrogens with two attached hydrogens (primary N) is 1. The number of ether oxygens (including phenoxy) is 1. The predicted octanol–water partition coefficient (Wildman–Crippen LogP) is 1.42. The smallest absolute Gasteiger partial charge is 0.269 e. The highest BCUT2D eigenvalue weighted by molar-refractivity contribution is 5.84. The molecule has 0 aromatic heterocycles. The van der Waals surface area contributed by atoms with Crippen LogP contribution in [0.5, 0.6) is 5.75 Å². The summed E-state index contributed by atoms with van der Waals surface area (Å²) >= 11 is 0. The van der Waals surface area contributed by atoms with Crippen LogP contribution in [-0.4, -0.2) is 22.1 Å². The van der Waals surface area contributed by atoms with Gasteiger partial charge in [-0.05, 0) is 25.5 Å². The molecule has 1 rings (SSSR count). The second-order valence-electron chi connectivity index (χ2n) is 3.49. The van der Waals surface area contributed by atoms with E-state index in [4.69, 9.17) is 15.7 Å². The second kappa shape index (κ2) is 5.15. The van der Waals surface area contributed by atoms with Crippen LogP contribution >= 0.6 is 0 Å². The number of nitro groups is 1. The van der Waals surface area contributed by atoms with E-state index < -0.39 is 11.0 Å². The zero-order valence-electron chi connectivity index (χ0n) is 9.45. The zero-order valence-corrected chi connectivity index (χ0v) is 9.45. The summed E-state index contributed by atoms with van der Waals surface area (Å²) in [7, 11) is 0. The van der Waals surface area contributed by atoms with E-state index in [9.17, 15) is 10.1 Å². The first-order valence-electron chi connectivity index (χ1n) is 4.84. The molecule has 0 saturated heterocycles. The summed E-state index contributed by atoms with van der Waals surface area (Å²) in [5.41, 5.74) is 5.96. The molecular formula is C10H13N3O4.